The number of benzene rings is 1. The normalized spacial score (nSPS) is 12.0. The average Bonchev–Trinajstić information content (AvgIpc) is 2.90. The molecule has 21 heavy (non-hydrogen) atoms. The minimum atomic E-state index is -0.832. The standard InChI is InChI=1S/C13H13FN4O3/c1-16(2)13(19)12(9-3-5-10(14)6-4-9)17-7-11(15-8-17)18(20)21/h3-8,12H,1-2H3. The quantitative estimate of drug-likeness (QED) is 0.633. The number of halogens is 1. The number of hydrogen-bond donors (Lipinski definition) is 0. The molecule has 0 bridgehead atoms. The first kappa shape index (κ1) is 14.6. The maximum absolute atomic E-state index is 13.0. The van der Waals surface area contributed by atoms with E-state index in [1.807, 2.05) is 0 Å². The Labute approximate surface area is 119 Å². The lowest BCUT2D eigenvalue weighted by Crippen LogP contribution is -2.31. The van der Waals surface area contributed by atoms with E-state index in [1.54, 1.807) is 14.1 Å². The molecule has 1 amide bonds. The summed E-state index contributed by atoms with van der Waals surface area (Å²) in [5.41, 5.74) is 0.516. The van der Waals surface area contributed by atoms with E-state index in [0.29, 0.717) is 5.56 Å². The zero-order valence-electron chi connectivity index (χ0n) is 11.4. The van der Waals surface area contributed by atoms with Crippen molar-refractivity contribution in [2.75, 3.05) is 14.1 Å². The lowest BCUT2D eigenvalue weighted by atomic mass is 10.1. The molecule has 1 aromatic heterocycles. The van der Waals surface area contributed by atoms with Crippen molar-refractivity contribution in [3.8, 4) is 0 Å². The van der Waals surface area contributed by atoms with Crippen LogP contribution in [0.2, 0.25) is 0 Å². The second-order valence-corrected chi connectivity index (χ2v) is 4.62. The molecule has 0 N–H and O–H groups in total. The van der Waals surface area contributed by atoms with Gasteiger partial charge in [0.05, 0.1) is 0 Å². The predicted octanol–water partition coefficient (Wildman–Crippen LogP) is 1.61. The van der Waals surface area contributed by atoms with Crippen LogP contribution in [-0.4, -0.2) is 39.4 Å². The van der Waals surface area contributed by atoms with Gasteiger partial charge in [0.1, 0.15) is 18.1 Å². The molecule has 1 atom stereocenters. The summed E-state index contributed by atoms with van der Waals surface area (Å²) in [6, 6.07) is 4.56. The van der Waals surface area contributed by atoms with Gasteiger partial charge in [0.2, 0.25) is 12.2 Å². The Hall–Kier alpha value is -2.77. The SMILES string of the molecule is CN(C)C(=O)C(c1ccc(F)cc1)n1cnc([N+](=O)[O-])c1. The Morgan fingerprint density at radius 3 is 2.48 bits per heavy atom. The number of nitro groups is 1. The van der Waals surface area contributed by atoms with Gasteiger partial charge in [0, 0.05) is 14.1 Å². The summed E-state index contributed by atoms with van der Waals surface area (Å²) in [5.74, 6) is -1.08. The molecule has 0 spiro atoms. The highest BCUT2D eigenvalue weighted by Gasteiger charge is 2.26. The molecule has 0 saturated carbocycles. The number of carbonyl (C=O) groups excluding carboxylic acids is 1. The molecular formula is C13H13FN4O3. The number of imidazole rings is 1. The summed E-state index contributed by atoms with van der Waals surface area (Å²) in [4.78, 5) is 27.4. The molecular weight excluding hydrogens is 279 g/mol. The van der Waals surface area contributed by atoms with Crippen LogP contribution < -0.4 is 0 Å². The molecule has 110 valence electrons. The molecule has 0 aliphatic carbocycles. The van der Waals surface area contributed by atoms with Crippen molar-refractivity contribution in [3.63, 3.8) is 0 Å². The zero-order valence-corrected chi connectivity index (χ0v) is 11.4. The molecule has 2 aromatic rings. The van der Waals surface area contributed by atoms with Crippen LogP contribution in [0.25, 0.3) is 0 Å². The maximum atomic E-state index is 13.0. The fourth-order valence-corrected chi connectivity index (χ4v) is 1.89. The predicted molar refractivity (Wildman–Crippen MR) is 72.1 cm³/mol. The van der Waals surface area contributed by atoms with Crippen LogP contribution in [0.4, 0.5) is 10.2 Å². The van der Waals surface area contributed by atoms with Crippen molar-refractivity contribution in [3.05, 3.63) is 58.3 Å². The first-order valence-corrected chi connectivity index (χ1v) is 6.04. The molecule has 7 nitrogen and oxygen atoms in total. The van der Waals surface area contributed by atoms with Crippen molar-refractivity contribution in [1.29, 1.82) is 0 Å². The average molecular weight is 292 g/mol. The molecule has 0 fully saturated rings. The van der Waals surface area contributed by atoms with Gasteiger partial charge in [-0.25, -0.2) is 4.39 Å². The van der Waals surface area contributed by atoms with Crippen molar-refractivity contribution in [2.24, 2.45) is 0 Å². The van der Waals surface area contributed by atoms with Crippen molar-refractivity contribution >= 4 is 11.7 Å². The van der Waals surface area contributed by atoms with Gasteiger partial charge in [0.15, 0.2) is 0 Å². The van der Waals surface area contributed by atoms with Gasteiger partial charge in [-0.2, -0.15) is 0 Å². The second-order valence-electron chi connectivity index (χ2n) is 4.62. The van der Waals surface area contributed by atoms with Gasteiger partial charge in [-0.3, -0.25) is 9.36 Å². The minimum Gasteiger partial charge on any atom is -0.358 e. The van der Waals surface area contributed by atoms with Crippen molar-refractivity contribution < 1.29 is 14.1 Å². The summed E-state index contributed by atoms with van der Waals surface area (Å²) in [5, 5.41) is 10.7. The number of nitrogens with zero attached hydrogens (tertiary/aromatic N) is 4. The monoisotopic (exact) mass is 292 g/mol. The molecule has 1 heterocycles. The third kappa shape index (κ3) is 3.04. The molecule has 0 radical (unpaired) electrons. The van der Waals surface area contributed by atoms with E-state index < -0.39 is 16.8 Å². The Balaban J connectivity index is 2.47. The first-order valence-electron chi connectivity index (χ1n) is 6.04. The zero-order chi connectivity index (χ0) is 15.6. The molecule has 0 aliphatic rings. The molecule has 1 aromatic carbocycles. The molecule has 1 unspecified atom stereocenters. The summed E-state index contributed by atoms with van der Waals surface area (Å²) < 4.78 is 14.4. The first-order chi connectivity index (χ1) is 9.90. The summed E-state index contributed by atoms with van der Waals surface area (Å²) in [7, 11) is 3.15. The lowest BCUT2D eigenvalue weighted by molar-refractivity contribution is -0.389. The summed E-state index contributed by atoms with van der Waals surface area (Å²) in [6.45, 7) is 0. The van der Waals surface area contributed by atoms with Crippen LogP contribution in [0.15, 0.2) is 36.8 Å². The molecule has 0 saturated heterocycles. The van der Waals surface area contributed by atoms with E-state index in [4.69, 9.17) is 0 Å². The Kier molecular flexibility index (Phi) is 3.97. The van der Waals surface area contributed by atoms with Crippen LogP contribution in [0, 0.1) is 15.9 Å². The maximum Gasteiger partial charge on any atom is 0.381 e. The fraction of sp³-hybridized carbons (Fsp3) is 0.231. The highest BCUT2D eigenvalue weighted by molar-refractivity contribution is 5.83. The number of likely N-dealkylation sites (N-methyl/N-ethyl adjacent to an activating group) is 1. The van der Waals surface area contributed by atoms with Gasteiger partial charge in [0.25, 0.3) is 0 Å². The number of aromatic nitrogens is 2. The van der Waals surface area contributed by atoms with Crippen molar-refractivity contribution in [2.45, 2.75) is 6.04 Å². The smallest absolute Gasteiger partial charge is 0.358 e. The van der Waals surface area contributed by atoms with Crippen LogP contribution >= 0.6 is 0 Å². The molecule has 2 rings (SSSR count). The second kappa shape index (κ2) is 5.70. The van der Waals surface area contributed by atoms with Gasteiger partial charge in [-0.1, -0.05) is 12.1 Å². The number of hydrogen-bond acceptors (Lipinski definition) is 4. The fourth-order valence-electron chi connectivity index (χ4n) is 1.89. The van der Waals surface area contributed by atoms with Gasteiger partial charge >= 0.3 is 5.82 Å². The number of amides is 1. The van der Waals surface area contributed by atoms with E-state index in [0.717, 1.165) is 0 Å². The lowest BCUT2D eigenvalue weighted by Gasteiger charge is -2.21. The van der Waals surface area contributed by atoms with E-state index in [2.05, 4.69) is 4.98 Å². The largest absolute Gasteiger partial charge is 0.381 e. The molecule has 8 heteroatoms. The molecule has 0 aliphatic heterocycles. The van der Waals surface area contributed by atoms with E-state index in [1.165, 1.54) is 46.3 Å². The Morgan fingerprint density at radius 1 is 1.38 bits per heavy atom. The Bertz CT molecular complexity index is 666. The van der Waals surface area contributed by atoms with E-state index in [9.17, 15) is 19.3 Å². The third-order valence-electron chi connectivity index (χ3n) is 2.93. The van der Waals surface area contributed by atoms with E-state index >= 15 is 0 Å². The van der Waals surface area contributed by atoms with Crippen LogP contribution in [0.5, 0.6) is 0 Å². The highest BCUT2D eigenvalue weighted by Crippen LogP contribution is 2.22. The van der Waals surface area contributed by atoms with Gasteiger partial charge in [-0.15, -0.1) is 0 Å². The van der Waals surface area contributed by atoms with Crippen molar-refractivity contribution in [1.82, 2.24) is 14.5 Å². The van der Waals surface area contributed by atoms with Gasteiger partial charge < -0.3 is 15.0 Å². The van der Waals surface area contributed by atoms with Gasteiger partial charge in [-0.05, 0) is 27.6 Å². The summed E-state index contributed by atoms with van der Waals surface area (Å²) in [6.07, 6.45) is 2.39. The van der Waals surface area contributed by atoms with Crippen LogP contribution in [0.1, 0.15) is 11.6 Å². The number of carbonyl (C=O) groups is 1. The minimum absolute atomic E-state index is 0.297. The van der Waals surface area contributed by atoms with E-state index in [-0.39, 0.29) is 11.7 Å². The Morgan fingerprint density at radius 2 is 2.00 bits per heavy atom. The van der Waals surface area contributed by atoms with Crippen LogP contribution in [0.3, 0.4) is 0 Å². The summed E-state index contributed by atoms with van der Waals surface area (Å²) >= 11 is 0. The topological polar surface area (TPSA) is 81.3 Å². The van der Waals surface area contributed by atoms with Crippen LogP contribution in [-0.2, 0) is 4.79 Å². The third-order valence-corrected chi connectivity index (χ3v) is 2.93. The number of rotatable bonds is 4. The highest BCUT2D eigenvalue weighted by atomic mass is 19.1.